The highest BCUT2D eigenvalue weighted by Gasteiger charge is 2.37. The molecule has 0 unspecified atom stereocenters. The number of rotatable bonds is 6. The van der Waals surface area contributed by atoms with Crippen LogP contribution in [-0.2, 0) is 14.8 Å². The lowest BCUT2D eigenvalue weighted by Gasteiger charge is -2.31. The SMILES string of the molecule is Cc1ccc(/C=C/c2onc(C)c2S(=O)(=O)N2CCC[C@@H](C(=O)Nc3ccc4c(c3)OCCO4)C2)cc1. The number of sulfonamides is 1. The van der Waals surface area contributed by atoms with E-state index in [0.717, 1.165) is 11.1 Å². The fourth-order valence-corrected chi connectivity index (χ4v) is 6.29. The van der Waals surface area contributed by atoms with Crippen LogP contribution in [0.4, 0.5) is 5.69 Å². The third kappa shape index (κ3) is 5.40. The molecular formula is C27H29N3O6S. The van der Waals surface area contributed by atoms with Crippen LogP contribution >= 0.6 is 0 Å². The minimum absolute atomic E-state index is 0.0313. The maximum absolute atomic E-state index is 13.7. The van der Waals surface area contributed by atoms with Crippen LogP contribution in [0.1, 0.15) is 35.4 Å². The van der Waals surface area contributed by atoms with Crippen LogP contribution in [0.15, 0.2) is 51.9 Å². The Hall–Kier alpha value is -3.63. The van der Waals surface area contributed by atoms with Crippen LogP contribution in [0.3, 0.4) is 0 Å². The van der Waals surface area contributed by atoms with Gasteiger partial charge < -0.3 is 19.3 Å². The number of nitrogens with one attached hydrogen (secondary N) is 1. The van der Waals surface area contributed by atoms with Gasteiger partial charge in [0.15, 0.2) is 22.2 Å². The normalized spacial score (nSPS) is 18.2. The number of fused-ring (bicyclic) bond motifs is 1. The zero-order chi connectivity index (χ0) is 26.0. The molecule has 1 aromatic heterocycles. The van der Waals surface area contributed by atoms with Crippen molar-refractivity contribution in [1.29, 1.82) is 0 Å². The molecule has 10 heteroatoms. The molecule has 0 saturated carbocycles. The van der Waals surface area contributed by atoms with Crippen LogP contribution in [0, 0.1) is 19.8 Å². The fourth-order valence-electron chi connectivity index (χ4n) is 4.52. The van der Waals surface area contributed by atoms with E-state index in [1.807, 2.05) is 31.2 Å². The summed E-state index contributed by atoms with van der Waals surface area (Å²) in [5.74, 6) is 0.643. The molecule has 37 heavy (non-hydrogen) atoms. The van der Waals surface area contributed by atoms with Gasteiger partial charge in [-0.15, -0.1) is 0 Å². The Labute approximate surface area is 216 Å². The van der Waals surface area contributed by atoms with E-state index in [0.29, 0.717) is 49.8 Å². The number of hydrogen-bond acceptors (Lipinski definition) is 7. The molecule has 2 aliphatic heterocycles. The summed E-state index contributed by atoms with van der Waals surface area (Å²) in [5.41, 5.74) is 2.91. The lowest BCUT2D eigenvalue weighted by atomic mass is 9.98. The van der Waals surface area contributed by atoms with E-state index in [4.69, 9.17) is 14.0 Å². The maximum atomic E-state index is 13.7. The maximum Gasteiger partial charge on any atom is 0.248 e. The van der Waals surface area contributed by atoms with Crippen molar-refractivity contribution in [2.45, 2.75) is 31.6 Å². The summed E-state index contributed by atoms with van der Waals surface area (Å²) in [5, 5.41) is 6.81. The third-order valence-electron chi connectivity index (χ3n) is 6.50. The monoisotopic (exact) mass is 523 g/mol. The minimum atomic E-state index is -3.93. The molecule has 3 heterocycles. The standard InChI is InChI=1S/C27H29N3O6S/c1-18-5-7-20(8-6-18)9-11-24-26(19(2)29-36-24)37(32,33)30-13-3-4-21(17-30)27(31)28-22-10-12-23-25(16-22)35-15-14-34-23/h5-12,16,21H,3-4,13-15,17H2,1-2H3,(H,28,31)/b11-9+/t21-/m1/s1. The zero-order valence-corrected chi connectivity index (χ0v) is 21.6. The molecule has 2 aromatic carbocycles. The Kier molecular flexibility index (Phi) is 7.03. The molecule has 194 valence electrons. The van der Waals surface area contributed by atoms with Crippen LogP contribution in [0.2, 0.25) is 0 Å². The molecule has 0 spiro atoms. The van der Waals surface area contributed by atoms with Gasteiger partial charge in [-0.1, -0.05) is 41.1 Å². The molecule has 5 rings (SSSR count). The van der Waals surface area contributed by atoms with Crippen molar-refractivity contribution in [3.8, 4) is 11.5 Å². The van der Waals surface area contributed by atoms with Gasteiger partial charge in [-0.25, -0.2) is 8.42 Å². The van der Waals surface area contributed by atoms with Crippen LogP contribution < -0.4 is 14.8 Å². The summed E-state index contributed by atoms with van der Waals surface area (Å²) in [7, 11) is -3.93. The molecule has 9 nitrogen and oxygen atoms in total. The summed E-state index contributed by atoms with van der Waals surface area (Å²) < 4.78 is 45.2. The van der Waals surface area contributed by atoms with E-state index in [1.165, 1.54) is 4.31 Å². The van der Waals surface area contributed by atoms with Gasteiger partial charge >= 0.3 is 0 Å². The van der Waals surface area contributed by atoms with Gasteiger partial charge in [-0.2, -0.15) is 4.31 Å². The summed E-state index contributed by atoms with van der Waals surface area (Å²) in [4.78, 5) is 13.1. The highest BCUT2D eigenvalue weighted by Crippen LogP contribution is 2.34. The summed E-state index contributed by atoms with van der Waals surface area (Å²) >= 11 is 0. The average molecular weight is 524 g/mol. The first-order chi connectivity index (χ1) is 17.8. The van der Waals surface area contributed by atoms with Crippen molar-refractivity contribution in [3.63, 3.8) is 0 Å². The van der Waals surface area contributed by atoms with E-state index < -0.39 is 15.9 Å². The molecule has 0 radical (unpaired) electrons. The van der Waals surface area contributed by atoms with E-state index in [2.05, 4.69) is 10.5 Å². The Morgan fingerprint density at radius 2 is 1.81 bits per heavy atom. The van der Waals surface area contributed by atoms with Crippen LogP contribution in [-0.4, -0.2) is 50.1 Å². The van der Waals surface area contributed by atoms with Crippen LogP contribution in [0.5, 0.6) is 11.5 Å². The average Bonchev–Trinajstić information content (AvgIpc) is 3.29. The first-order valence-corrected chi connectivity index (χ1v) is 13.7. The Morgan fingerprint density at radius 1 is 1.05 bits per heavy atom. The molecular weight excluding hydrogens is 494 g/mol. The van der Waals surface area contributed by atoms with Gasteiger partial charge in [0.1, 0.15) is 18.9 Å². The number of carbonyl (C=O) groups is 1. The molecule has 1 atom stereocenters. The lowest BCUT2D eigenvalue weighted by Crippen LogP contribution is -2.43. The van der Waals surface area contributed by atoms with E-state index in [9.17, 15) is 13.2 Å². The number of aromatic nitrogens is 1. The highest BCUT2D eigenvalue weighted by atomic mass is 32.2. The largest absolute Gasteiger partial charge is 0.486 e. The van der Waals surface area contributed by atoms with Crippen molar-refractivity contribution >= 4 is 33.8 Å². The number of piperidine rings is 1. The number of nitrogens with zero attached hydrogens (tertiary/aromatic N) is 2. The number of amides is 1. The van der Waals surface area contributed by atoms with Crippen molar-refractivity contribution in [2.24, 2.45) is 5.92 Å². The van der Waals surface area contributed by atoms with E-state index in [-0.39, 0.29) is 28.8 Å². The number of hydrogen-bond donors (Lipinski definition) is 1. The van der Waals surface area contributed by atoms with Crippen molar-refractivity contribution in [3.05, 3.63) is 65.0 Å². The van der Waals surface area contributed by atoms with Crippen molar-refractivity contribution < 1.29 is 27.2 Å². The first kappa shape index (κ1) is 25.0. The fraction of sp³-hybridized carbons (Fsp3) is 0.333. The van der Waals surface area contributed by atoms with Gasteiger partial charge in [0.25, 0.3) is 0 Å². The second kappa shape index (κ2) is 10.4. The Morgan fingerprint density at radius 3 is 2.59 bits per heavy atom. The van der Waals surface area contributed by atoms with Gasteiger partial charge in [0.05, 0.1) is 5.92 Å². The van der Waals surface area contributed by atoms with Crippen molar-refractivity contribution in [2.75, 3.05) is 31.6 Å². The smallest absolute Gasteiger partial charge is 0.248 e. The third-order valence-corrected chi connectivity index (χ3v) is 8.52. The molecule has 1 N–H and O–H groups in total. The van der Waals surface area contributed by atoms with Crippen molar-refractivity contribution in [1.82, 2.24) is 9.46 Å². The highest BCUT2D eigenvalue weighted by molar-refractivity contribution is 7.89. The topological polar surface area (TPSA) is 111 Å². The summed E-state index contributed by atoms with van der Waals surface area (Å²) in [6, 6.07) is 13.1. The second-order valence-corrected chi connectivity index (χ2v) is 11.1. The lowest BCUT2D eigenvalue weighted by molar-refractivity contribution is -0.120. The van der Waals surface area contributed by atoms with Crippen LogP contribution in [0.25, 0.3) is 12.2 Å². The van der Waals surface area contributed by atoms with E-state index in [1.54, 1.807) is 37.3 Å². The Bertz CT molecular complexity index is 1430. The van der Waals surface area contributed by atoms with Gasteiger partial charge in [0, 0.05) is 24.8 Å². The number of anilines is 1. The van der Waals surface area contributed by atoms with Gasteiger partial charge in [0.2, 0.25) is 15.9 Å². The number of carbonyl (C=O) groups excluding carboxylic acids is 1. The van der Waals surface area contributed by atoms with E-state index >= 15 is 0 Å². The molecule has 1 fully saturated rings. The summed E-state index contributed by atoms with van der Waals surface area (Å²) in [6.07, 6.45) is 4.56. The molecule has 1 saturated heterocycles. The number of ether oxygens (including phenoxy) is 2. The Balaban J connectivity index is 1.31. The quantitative estimate of drug-likeness (QED) is 0.514. The molecule has 2 aliphatic rings. The molecule has 0 bridgehead atoms. The molecule has 1 amide bonds. The second-order valence-electron chi connectivity index (χ2n) is 9.26. The number of benzene rings is 2. The van der Waals surface area contributed by atoms with Gasteiger partial charge in [-0.3, -0.25) is 4.79 Å². The minimum Gasteiger partial charge on any atom is -0.486 e. The number of aryl methyl sites for hydroxylation is 2. The predicted octanol–water partition coefficient (Wildman–Crippen LogP) is 4.27. The molecule has 3 aromatic rings. The first-order valence-electron chi connectivity index (χ1n) is 12.2. The van der Waals surface area contributed by atoms with Gasteiger partial charge in [-0.05, 0) is 50.5 Å². The summed E-state index contributed by atoms with van der Waals surface area (Å²) in [6.45, 7) is 4.94. The zero-order valence-electron chi connectivity index (χ0n) is 20.8. The molecule has 0 aliphatic carbocycles. The predicted molar refractivity (Wildman–Crippen MR) is 139 cm³/mol.